The summed E-state index contributed by atoms with van der Waals surface area (Å²) in [5.74, 6) is 0. The molecule has 0 radical (unpaired) electrons. The van der Waals surface area contributed by atoms with Crippen molar-refractivity contribution in [2.45, 2.75) is 16.7 Å². The topological polar surface area (TPSA) is 66.4 Å². The Morgan fingerprint density at radius 1 is 1.37 bits per heavy atom. The number of sulfonamides is 1. The molecule has 4 nitrogen and oxygen atoms in total. The second-order valence-corrected chi connectivity index (χ2v) is 8.46. The molecule has 0 saturated heterocycles. The van der Waals surface area contributed by atoms with Crippen LogP contribution >= 0.6 is 34.3 Å². The number of aliphatic hydroxyl groups excluding tert-OH is 1. The molecule has 2 aromatic rings. The second kappa shape index (κ2) is 6.34. The lowest BCUT2D eigenvalue weighted by molar-refractivity contribution is 0.173. The molecule has 19 heavy (non-hydrogen) atoms. The number of hydrogen-bond donors (Lipinski definition) is 2. The minimum Gasteiger partial charge on any atom is -0.388 e. The molecule has 2 aromatic heterocycles. The molecular weight excluding hydrogens is 326 g/mol. The van der Waals surface area contributed by atoms with Gasteiger partial charge in [-0.25, -0.2) is 13.1 Å². The van der Waals surface area contributed by atoms with Crippen molar-refractivity contribution in [3.05, 3.63) is 38.9 Å². The molecule has 2 rings (SSSR count). The van der Waals surface area contributed by atoms with E-state index in [-0.39, 0.29) is 10.8 Å². The van der Waals surface area contributed by atoms with Gasteiger partial charge in [0.15, 0.2) is 0 Å². The lowest BCUT2D eigenvalue weighted by atomic mass is 10.2. The van der Waals surface area contributed by atoms with Crippen LogP contribution in [0.4, 0.5) is 0 Å². The van der Waals surface area contributed by atoms with E-state index in [1.807, 2.05) is 17.5 Å². The van der Waals surface area contributed by atoms with Crippen molar-refractivity contribution in [1.82, 2.24) is 4.72 Å². The van der Waals surface area contributed by atoms with Gasteiger partial charge in [-0.1, -0.05) is 17.7 Å². The Bertz CT molecular complexity index is 621. The summed E-state index contributed by atoms with van der Waals surface area (Å²) in [6.45, 7) is 0.177. The Morgan fingerprint density at radius 2 is 2.16 bits per heavy atom. The van der Waals surface area contributed by atoms with Gasteiger partial charge in [-0.05, 0) is 30.0 Å². The number of aliphatic hydroxyl groups is 1. The molecule has 8 heteroatoms. The maximum absolute atomic E-state index is 11.9. The van der Waals surface area contributed by atoms with E-state index >= 15 is 0 Å². The minimum atomic E-state index is -3.53. The van der Waals surface area contributed by atoms with Crippen LogP contribution in [0.1, 0.15) is 17.4 Å². The lowest BCUT2D eigenvalue weighted by Gasteiger charge is -2.09. The Morgan fingerprint density at radius 3 is 2.74 bits per heavy atom. The van der Waals surface area contributed by atoms with Gasteiger partial charge in [0.1, 0.15) is 4.21 Å². The molecular formula is C11H12ClNO3S3. The van der Waals surface area contributed by atoms with Crippen molar-refractivity contribution in [3.8, 4) is 0 Å². The highest BCUT2D eigenvalue weighted by atomic mass is 35.5. The van der Waals surface area contributed by atoms with Crippen LogP contribution in [0.3, 0.4) is 0 Å². The van der Waals surface area contributed by atoms with Crippen LogP contribution in [0, 0.1) is 0 Å². The monoisotopic (exact) mass is 337 g/mol. The number of nitrogens with one attached hydrogen (secondary N) is 1. The number of halogens is 1. The molecule has 0 saturated carbocycles. The number of hydrogen-bond acceptors (Lipinski definition) is 5. The molecule has 0 fully saturated rings. The average molecular weight is 338 g/mol. The molecule has 0 spiro atoms. The molecule has 2 heterocycles. The SMILES string of the molecule is O=S(=O)(NCC[C@H](O)c1cccs1)c1ccc(Cl)s1. The summed E-state index contributed by atoms with van der Waals surface area (Å²) in [4.78, 5) is 0.832. The van der Waals surface area contributed by atoms with Crippen LogP contribution in [-0.4, -0.2) is 20.1 Å². The maximum Gasteiger partial charge on any atom is 0.250 e. The van der Waals surface area contributed by atoms with Crippen LogP contribution < -0.4 is 4.72 Å². The number of rotatable bonds is 6. The van der Waals surface area contributed by atoms with E-state index in [4.69, 9.17) is 11.6 Å². The Hall–Kier alpha value is -0.440. The van der Waals surface area contributed by atoms with Crippen LogP contribution in [0.15, 0.2) is 33.9 Å². The third-order valence-electron chi connectivity index (χ3n) is 2.39. The summed E-state index contributed by atoms with van der Waals surface area (Å²) >= 11 is 8.16. The summed E-state index contributed by atoms with van der Waals surface area (Å²) in [6.07, 6.45) is -0.312. The molecule has 2 N–H and O–H groups in total. The van der Waals surface area contributed by atoms with E-state index in [0.29, 0.717) is 10.8 Å². The van der Waals surface area contributed by atoms with Gasteiger partial charge in [-0.3, -0.25) is 0 Å². The van der Waals surface area contributed by atoms with E-state index < -0.39 is 16.1 Å². The van der Waals surface area contributed by atoms with Gasteiger partial charge in [0.2, 0.25) is 10.0 Å². The highest BCUT2D eigenvalue weighted by Crippen LogP contribution is 2.25. The summed E-state index contributed by atoms with van der Waals surface area (Å²) in [6, 6.07) is 6.68. The van der Waals surface area contributed by atoms with E-state index in [9.17, 15) is 13.5 Å². The zero-order chi connectivity index (χ0) is 13.9. The van der Waals surface area contributed by atoms with Crippen molar-refractivity contribution in [3.63, 3.8) is 0 Å². The third kappa shape index (κ3) is 4.01. The van der Waals surface area contributed by atoms with E-state index in [1.54, 1.807) is 6.07 Å². The number of thiophene rings is 2. The van der Waals surface area contributed by atoms with Crippen molar-refractivity contribution < 1.29 is 13.5 Å². The van der Waals surface area contributed by atoms with Gasteiger partial charge >= 0.3 is 0 Å². The first-order chi connectivity index (χ1) is 8.99. The normalized spacial score (nSPS) is 13.6. The van der Waals surface area contributed by atoms with Gasteiger partial charge in [-0.15, -0.1) is 22.7 Å². The summed E-state index contributed by atoms with van der Waals surface area (Å²) in [5, 5.41) is 11.7. The van der Waals surface area contributed by atoms with Crippen LogP contribution in [-0.2, 0) is 10.0 Å². The molecule has 0 aliphatic carbocycles. The first kappa shape index (κ1) is 15.0. The van der Waals surface area contributed by atoms with Gasteiger partial charge in [0.25, 0.3) is 0 Å². The molecule has 0 amide bonds. The molecule has 0 unspecified atom stereocenters. The summed E-state index contributed by atoms with van der Waals surface area (Å²) in [7, 11) is -3.53. The quantitative estimate of drug-likeness (QED) is 0.851. The summed E-state index contributed by atoms with van der Waals surface area (Å²) < 4.78 is 26.8. The molecule has 0 aliphatic rings. The van der Waals surface area contributed by atoms with Gasteiger partial charge < -0.3 is 5.11 Å². The predicted molar refractivity (Wildman–Crippen MR) is 78.4 cm³/mol. The lowest BCUT2D eigenvalue weighted by Crippen LogP contribution is -2.25. The zero-order valence-electron chi connectivity index (χ0n) is 9.74. The fraction of sp³-hybridized carbons (Fsp3) is 0.273. The smallest absolute Gasteiger partial charge is 0.250 e. The highest BCUT2D eigenvalue weighted by molar-refractivity contribution is 7.91. The Balaban J connectivity index is 1.89. The molecule has 104 valence electrons. The van der Waals surface area contributed by atoms with Crippen molar-refractivity contribution in [2.24, 2.45) is 0 Å². The van der Waals surface area contributed by atoms with Crippen molar-refractivity contribution in [1.29, 1.82) is 0 Å². The molecule has 0 bridgehead atoms. The first-order valence-electron chi connectivity index (χ1n) is 5.45. The fourth-order valence-electron chi connectivity index (χ4n) is 1.47. The molecule has 0 aliphatic heterocycles. The minimum absolute atomic E-state index is 0.177. The van der Waals surface area contributed by atoms with Crippen LogP contribution in [0.2, 0.25) is 4.34 Å². The Labute approximate surface area is 124 Å². The largest absolute Gasteiger partial charge is 0.388 e. The zero-order valence-corrected chi connectivity index (χ0v) is 13.0. The first-order valence-corrected chi connectivity index (χ1v) is 9.01. The fourth-order valence-corrected chi connectivity index (χ4v) is 4.79. The molecule has 0 aromatic carbocycles. The second-order valence-electron chi connectivity index (χ2n) is 3.78. The van der Waals surface area contributed by atoms with E-state index in [0.717, 1.165) is 16.2 Å². The molecule has 1 atom stereocenters. The van der Waals surface area contributed by atoms with E-state index in [1.165, 1.54) is 17.4 Å². The van der Waals surface area contributed by atoms with Gasteiger partial charge in [0.05, 0.1) is 10.4 Å². The summed E-state index contributed by atoms with van der Waals surface area (Å²) in [5.41, 5.74) is 0. The van der Waals surface area contributed by atoms with Gasteiger partial charge in [-0.2, -0.15) is 0 Å². The van der Waals surface area contributed by atoms with Crippen molar-refractivity contribution in [2.75, 3.05) is 6.54 Å². The third-order valence-corrected chi connectivity index (χ3v) is 6.55. The van der Waals surface area contributed by atoms with Gasteiger partial charge in [0, 0.05) is 11.4 Å². The predicted octanol–water partition coefficient (Wildman–Crippen LogP) is 2.87. The maximum atomic E-state index is 11.9. The average Bonchev–Trinajstić information content (AvgIpc) is 2.99. The standard InChI is InChI=1S/C11H12ClNO3S3/c12-10-3-4-11(18-10)19(15,16)13-6-5-8(14)9-2-1-7-17-9/h1-4,7-8,13-14H,5-6H2/t8-/m0/s1. The van der Waals surface area contributed by atoms with Crippen LogP contribution in [0.25, 0.3) is 0 Å². The Kier molecular flexibility index (Phi) is 4.99. The highest BCUT2D eigenvalue weighted by Gasteiger charge is 2.17. The van der Waals surface area contributed by atoms with E-state index in [2.05, 4.69) is 4.72 Å². The van der Waals surface area contributed by atoms with Crippen LogP contribution in [0.5, 0.6) is 0 Å². The van der Waals surface area contributed by atoms with Crippen molar-refractivity contribution >= 4 is 44.3 Å².